The van der Waals surface area contributed by atoms with Crippen LogP contribution in [0.25, 0.3) is 9.69 Å². The highest BCUT2D eigenvalue weighted by atomic mass is 35.5. The third-order valence-corrected chi connectivity index (χ3v) is 3.03. The maximum atomic E-state index is 9.47. The average Bonchev–Trinajstić information content (AvgIpc) is 2.81. The largest absolute Gasteiger partial charge is 0.505 e. The fourth-order valence-electron chi connectivity index (χ4n) is 1.53. The second-order valence-corrected chi connectivity index (χ2v) is 4.50. The van der Waals surface area contributed by atoms with Gasteiger partial charge in [0, 0.05) is 0 Å². The molecule has 0 fully saturated rings. The second-order valence-electron chi connectivity index (χ2n) is 3.69. The maximum Gasteiger partial charge on any atom is 0.278 e. The first kappa shape index (κ1) is 14.6. The van der Waals surface area contributed by atoms with E-state index in [4.69, 9.17) is 41.6 Å². The summed E-state index contributed by atoms with van der Waals surface area (Å²) in [7, 11) is 0. The summed E-state index contributed by atoms with van der Waals surface area (Å²) in [6.07, 6.45) is 0. The number of phenols is 1. The molecule has 1 heterocycles. The monoisotopic (exact) mass is 315 g/mol. The van der Waals surface area contributed by atoms with E-state index in [1.54, 1.807) is 6.07 Å². The lowest BCUT2D eigenvalue weighted by Gasteiger charge is -2.01. The van der Waals surface area contributed by atoms with Gasteiger partial charge in [-0.2, -0.15) is 5.26 Å². The van der Waals surface area contributed by atoms with E-state index in [-0.39, 0.29) is 44.4 Å². The fraction of sp³-hybridized carbons (Fsp3) is 0. The molecule has 0 spiro atoms. The standard InChI is InChI=1S/C13H3Cl2N5O/c1-17-10-7(5-16)12(20-13(10)18-2)19-6-3-8(14)11(21)9(15)4-6/h3-4,21H. The van der Waals surface area contributed by atoms with Gasteiger partial charge in [-0.25, -0.2) is 9.84 Å². The van der Waals surface area contributed by atoms with Gasteiger partial charge in [-0.3, -0.25) is 0 Å². The van der Waals surface area contributed by atoms with Crippen LogP contribution in [0.1, 0.15) is 0 Å². The molecule has 2 rings (SSSR count). The van der Waals surface area contributed by atoms with Crippen molar-refractivity contribution in [2.75, 3.05) is 0 Å². The fourth-order valence-corrected chi connectivity index (χ4v) is 2.01. The van der Waals surface area contributed by atoms with Crippen LogP contribution in [0.2, 0.25) is 10.0 Å². The SMILES string of the molecule is [C-]#[N+]C1=NC(=Nc2cc(Cl)c(O)c(Cl)c2)C(C#N)=C1[N+]#[C-]. The summed E-state index contributed by atoms with van der Waals surface area (Å²) < 4.78 is 0. The minimum absolute atomic E-state index is 0.0119. The third-order valence-electron chi connectivity index (χ3n) is 2.45. The molecule has 0 aliphatic carbocycles. The summed E-state index contributed by atoms with van der Waals surface area (Å²) in [6, 6.07) is 4.46. The van der Waals surface area contributed by atoms with E-state index in [0.29, 0.717) is 0 Å². The highest BCUT2D eigenvalue weighted by Crippen LogP contribution is 2.36. The molecule has 1 N–H and O–H groups in total. The number of aromatic hydroxyl groups is 1. The molecule has 0 aromatic heterocycles. The number of hydrogen-bond donors (Lipinski definition) is 1. The van der Waals surface area contributed by atoms with Crippen molar-refractivity contribution >= 4 is 40.6 Å². The molecule has 21 heavy (non-hydrogen) atoms. The maximum absolute atomic E-state index is 9.47. The predicted molar refractivity (Wildman–Crippen MR) is 78.5 cm³/mol. The van der Waals surface area contributed by atoms with E-state index in [9.17, 15) is 5.11 Å². The normalized spacial score (nSPS) is 15.4. The molecule has 100 valence electrons. The molecule has 0 amide bonds. The Hall–Kier alpha value is -2.85. The molecule has 0 atom stereocenters. The molecule has 1 aliphatic heterocycles. The van der Waals surface area contributed by atoms with Crippen molar-refractivity contribution in [3.05, 3.63) is 56.3 Å². The van der Waals surface area contributed by atoms with E-state index < -0.39 is 0 Å². The Morgan fingerprint density at radius 1 is 1.24 bits per heavy atom. The molecular formula is C13H3Cl2N5O. The van der Waals surface area contributed by atoms with Crippen molar-refractivity contribution in [3.63, 3.8) is 0 Å². The predicted octanol–water partition coefficient (Wildman–Crippen LogP) is 3.76. The number of halogens is 2. The van der Waals surface area contributed by atoms with Gasteiger partial charge in [0.25, 0.3) is 11.7 Å². The van der Waals surface area contributed by atoms with E-state index in [1.807, 2.05) is 0 Å². The zero-order valence-corrected chi connectivity index (χ0v) is 11.6. The molecule has 0 bridgehead atoms. The second kappa shape index (κ2) is 5.64. The molecule has 0 radical (unpaired) electrons. The van der Waals surface area contributed by atoms with Gasteiger partial charge in [0.15, 0.2) is 5.75 Å². The molecule has 1 aromatic carbocycles. The Labute approximate surface area is 129 Å². The summed E-state index contributed by atoms with van der Waals surface area (Å²) in [5, 5.41) is 18.5. The lowest BCUT2D eigenvalue weighted by Crippen LogP contribution is -1.93. The summed E-state index contributed by atoms with van der Waals surface area (Å²) in [4.78, 5) is 14.1. The molecule has 1 aromatic rings. The summed E-state index contributed by atoms with van der Waals surface area (Å²) in [5.74, 6) is -0.527. The Balaban J connectivity index is 2.61. The Bertz CT molecular complexity index is 839. The highest BCUT2D eigenvalue weighted by molar-refractivity contribution is 6.37. The molecule has 0 saturated heterocycles. The van der Waals surface area contributed by atoms with Crippen LogP contribution in [0.5, 0.6) is 5.75 Å². The third kappa shape index (κ3) is 2.57. The number of nitrogens with zero attached hydrogens (tertiary/aromatic N) is 5. The van der Waals surface area contributed by atoms with Crippen LogP contribution in [0.4, 0.5) is 5.69 Å². The van der Waals surface area contributed by atoms with Gasteiger partial charge in [0.2, 0.25) is 5.70 Å². The Morgan fingerprint density at radius 2 is 1.86 bits per heavy atom. The van der Waals surface area contributed by atoms with E-state index in [1.165, 1.54) is 12.1 Å². The van der Waals surface area contributed by atoms with Gasteiger partial charge in [0.1, 0.15) is 5.57 Å². The number of benzene rings is 1. The number of hydrogen-bond acceptors (Lipinski definition) is 3. The van der Waals surface area contributed by atoms with Gasteiger partial charge >= 0.3 is 0 Å². The first-order valence-corrected chi connectivity index (χ1v) is 6.02. The van der Waals surface area contributed by atoms with Crippen molar-refractivity contribution in [1.82, 2.24) is 0 Å². The van der Waals surface area contributed by atoms with Crippen LogP contribution >= 0.6 is 23.2 Å². The van der Waals surface area contributed by atoms with Crippen LogP contribution in [-0.4, -0.2) is 16.8 Å². The minimum Gasteiger partial charge on any atom is -0.505 e. The van der Waals surface area contributed by atoms with Gasteiger partial charge < -0.3 is 9.95 Å². The van der Waals surface area contributed by atoms with Crippen LogP contribution in [0.3, 0.4) is 0 Å². The van der Waals surface area contributed by atoms with Gasteiger partial charge in [-0.1, -0.05) is 29.8 Å². The highest BCUT2D eigenvalue weighted by Gasteiger charge is 2.29. The van der Waals surface area contributed by atoms with Crippen molar-refractivity contribution in [2.24, 2.45) is 9.98 Å². The first-order chi connectivity index (χ1) is 10.0. The van der Waals surface area contributed by atoms with Crippen molar-refractivity contribution in [1.29, 1.82) is 5.26 Å². The molecule has 6 nitrogen and oxygen atoms in total. The first-order valence-electron chi connectivity index (χ1n) is 5.27. The number of amidine groups is 2. The van der Waals surface area contributed by atoms with Gasteiger partial charge in [0.05, 0.1) is 28.4 Å². The molecule has 1 aliphatic rings. The zero-order chi connectivity index (χ0) is 15.6. The van der Waals surface area contributed by atoms with Crippen molar-refractivity contribution in [3.8, 4) is 11.8 Å². The number of nitriles is 1. The zero-order valence-electron chi connectivity index (χ0n) is 10.1. The number of phenolic OH excluding ortho intramolecular Hbond substituents is 1. The summed E-state index contributed by atoms with van der Waals surface area (Å²) in [5.41, 5.74) is 0.0170. The molecular weight excluding hydrogens is 313 g/mol. The average molecular weight is 316 g/mol. The number of aliphatic imine (C=N–C) groups is 2. The smallest absolute Gasteiger partial charge is 0.278 e. The van der Waals surface area contributed by atoms with Crippen LogP contribution in [-0.2, 0) is 0 Å². The van der Waals surface area contributed by atoms with Crippen LogP contribution in [0, 0.1) is 24.5 Å². The van der Waals surface area contributed by atoms with E-state index in [0.717, 1.165) is 0 Å². The lowest BCUT2D eigenvalue weighted by molar-refractivity contribution is 0.476. The number of rotatable bonds is 1. The molecule has 0 saturated carbocycles. The van der Waals surface area contributed by atoms with Gasteiger partial charge in [-0.15, -0.1) is 4.99 Å². The van der Waals surface area contributed by atoms with E-state index >= 15 is 0 Å². The molecule has 0 unspecified atom stereocenters. The topological polar surface area (TPSA) is 77.5 Å². The van der Waals surface area contributed by atoms with E-state index in [2.05, 4.69) is 19.7 Å². The Morgan fingerprint density at radius 3 is 2.33 bits per heavy atom. The summed E-state index contributed by atoms with van der Waals surface area (Å²) in [6.45, 7) is 13.9. The van der Waals surface area contributed by atoms with Crippen molar-refractivity contribution in [2.45, 2.75) is 0 Å². The molecule has 8 heteroatoms. The lowest BCUT2D eigenvalue weighted by atomic mass is 10.2. The Kier molecular flexibility index (Phi) is 3.91. The summed E-state index contributed by atoms with van der Waals surface area (Å²) >= 11 is 11.5. The quantitative estimate of drug-likeness (QED) is 0.801. The van der Waals surface area contributed by atoms with Gasteiger partial charge in [-0.05, 0) is 12.1 Å². The van der Waals surface area contributed by atoms with Crippen LogP contribution in [0.15, 0.2) is 33.4 Å². The van der Waals surface area contributed by atoms with Crippen LogP contribution < -0.4 is 0 Å². The van der Waals surface area contributed by atoms with Crippen molar-refractivity contribution < 1.29 is 5.11 Å². The minimum atomic E-state index is -0.281.